The number of hydrogen-bond acceptors (Lipinski definition) is 4. The number of rotatable bonds is 8. The summed E-state index contributed by atoms with van der Waals surface area (Å²) >= 11 is 0. The van der Waals surface area contributed by atoms with Gasteiger partial charge >= 0.3 is 0 Å². The summed E-state index contributed by atoms with van der Waals surface area (Å²) in [6.07, 6.45) is 0. The molecule has 34 heavy (non-hydrogen) atoms. The zero-order chi connectivity index (χ0) is 23.8. The lowest BCUT2D eigenvalue weighted by Crippen LogP contribution is -2.52. The molecule has 0 saturated carbocycles. The van der Waals surface area contributed by atoms with E-state index in [-0.39, 0.29) is 17.6 Å². The van der Waals surface area contributed by atoms with E-state index < -0.39 is 6.04 Å². The van der Waals surface area contributed by atoms with E-state index in [0.29, 0.717) is 45.0 Å². The van der Waals surface area contributed by atoms with E-state index in [1.165, 1.54) is 12.1 Å². The Morgan fingerprint density at radius 1 is 0.824 bits per heavy atom. The summed E-state index contributed by atoms with van der Waals surface area (Å²) in [4.78, 5) is 29.9. The third-order valence-corrected chi connectivity index (χ3v) is 5.95. The molecule has 176 valence electrons. The largest absolute Gasteiger partial charge is 0.351 e. The molecule has 7 heteroatoms. The predicted molar refractivity (Wildman–Crippen MR) is 131 cm³/mol. The minimum Gasteiger partial charge on any atom is -0.351 e. The molecular weight excluding hydrogens is 431 g/mol. The molecule has 2 amide bonds. The van der Waals surface area contributed by atoms with Crippen LogP contribution in [0.15, 0.2) is 84.9 Å². The van der Waals surface area contributed by atoms with E-state index in [2.05, 4.69) is 20.4 Å². The van der Waals surface area contributed by atoms with Crippen molar-refractivity contribution >= 4 is 17.5 Å². The van der Waals surface area contributed by atoms with Gasteiger partial charge in [-0.05, 0) is 35.4 Å². The van der Waals surface area contributed by atoms with Gasteiger partial charge in [-0.3, -0.25) is 19.4 Å². The fourth-order valence-electron chi connectivity index (χ4n) is 4.14. The number of carbonyl (C=O) groups is 2. The average molecular weight is 461 g/mol. The number of amides is 2. The number of nitrogens with zero attached hydrogens (tertiary/aromatic N) is 2. The summed E-state index contributed by atoms with van der Waals surface area (Å²) in [5.41, 5.74) is 2.52. The molecule has 1 heterocycles. The van der Waals surface area contributed by atoms with Gasteiger partial charge in [0.2, 0.25) is 11.8 Å². The lowest BCUT2D eigenvalue weighted by molar-refractivity contribution is -0.125. The summed E-state index contributed by atoms with van der Waals surface area (Å²) in [5.74, 6) is -0.514. The summed E-state index contributed by atoms with van der Waals surface area (Å²) < 4.78 is 13.2. The van der Waals surface area contributed by atoms with E-state index in [9.17, 15) is 14.0 Å². The smallest absolute Gasteiger partial charge is 0.246 e. The van der Waals surface area contributed by atoms with E-state index in [1.807, 2.05) is 60.7 Å². The highest BCUT2D eigenvalue weighted by Gasteiger charge is 2.31. The van der Waals surface area contributed by atoms with Crippen molar-refractivity contribution in [2.75, 3.05) is 38.0 Å². The summed E-state index contributed by atoms with van der Waals surface area (Å²) in [5, 5.41) is 5.89. The summed E-state index contributed by atoms with van der Waals surface area (Å²) in [7, 11) is 0. The van der Waals surface area contributed by atoms with Crippen molar-refractivity contribution in [3.05, 3.63) is 102 Å². The van der Waals surface area contributed by atoms with E-state index >= 15 is 0 Å². The Labute approximate surface area is 199 Å². The molecule has 0 bridgehead atoms. The van der Waals surface area contributed by atoms with Crippen molar-refractivity contribution in [1.29, 1.82) is 0 Å². The van der Waals surface area contributed by atoms with Gasteiger partial charge in [0.1, 0.15) is 11.9 Å². The molecular formula is C27H29FN4O2. The molecule has 0 aromatic heterocycles. The second-order valence-corrected chi connectivity index (χ2v) is 8.38. The van der Waals surface area contributed by atoms with Crippen molar-refractivity contribution in [3.63, 3.8) is 0 Å². The Hall–Kier alpha value is -3.55. The van der Waals surface area contributed by atoms with Crippen molar-refractivity contribution in [1.82, 2.24) is 15.1 Å². The van der Waals surface area contributed by atoms with Gasteiger partial charge in [0.25, 0.3) is 0 Å². The van der Waals surface area contributed by atoms with Gasteiger partial charge in [-0.2, -0.15) is 0 Å². The lowest BCUT2D eigenvalue weighted by atomic mass is 10.0. The zero-order valence-electron chi connectivity index (χ0n) is 19.0. The van der Waals surface area contributed by atoms with Gasteiger partial charge in [0, 0.05) is 38.4 Å². The molecule has 2 N–H and O–H groups in total. The lowest BCUT2D eigenvalue weighted by Gasteiger charge is -2.38. The summed E-state index contributed by atoms with van der Waals surface area (Å²) in [6, 6.07) is 24.8. The maximum Gasteiger partial charge on any atom is 0.246 e. The van der Waals surface area contributed by atoms with Crippen LogP contribution in [0.5, 0.6) is 0 Å². The van der Waals surface area contributed by atoms with Crippen LogP contribution in [0, 0.1) is 5.82 Å². The number of halogens is 1. The predicted octanol–water partition coefficient (Wildman–Crippen LogP) is 3.44. The van der Waals surface area contributed by atoms with Gasteiger partial charge in [-0.1, -0.05) is 60.7 Å². The SMILES string of the molecule is O=C(CN1CCN(C(C(=O)Nc2ccc(F)cc2)c2ccccc2)CC1)NCc1ccccc1. The molecule has 0 aliphatic carbocycles. The second-order valence-electron chi connectivity index (χ2n) is 8.38. The second kappa shape index (κ2) is 11.5. The van der Waals surface area contributed by atoms with Gasteiger partial charge in [-0.25, -0.2) is 4.39 Å². The van der Waals surface area contributed by atoms with Crippen LogP contribution in [0.3, 0.4) is 0 Å². The Balaban J connectivity index is 1.34. The van der Waals surface area contributed by atoms with Crippen LogP contribution >= 0.6 is 0 Å². The molecule has 6 nitrogen and oxygen atoms in total. The van der Waals surface area contributed by atoms with Crippen molar-refractivity contribution < 1.29 is 14.0 Å². The third-order valence-electron chi connectivity index (χ3n) is 5.95. The van der Waals surface area contributed by atoms with Crippen molar-refractivity contribution in [2.45, 2.75) is 12.6 Å². The molecule has 4 rings (SSSR count). The van der Waals surface area contributed by atoms with E-state index in [0.717, 1.165) is 11.1 Å². The molecule has 1 aliphatic heterocycles. The standard InChI is InChI=1S/C27H29FN4O2/c28-23-11-13-24(14-12-23)30-27(34)26(22-9-5-2-6-10-22)32-17-15-31(16-18-32)20-25(33)29-19-21-7-3-1-4-8-21/h1-14,26H,15-20H2,(H,29,33)(H,30,34). The van der Waals surface area contributed by atoms with Crippen molar-refractivity contribution in [3.8, 4) is 0 Å². The monoisotopic (exact) mass is 460 g/mol. The highest BCUT2D eigenvalue weighted by Crippen LogP contribution is 2.24. The van der Waals surface area contributed by atoms with Crippen LogP contribution in [-0.4, -0.2) is 54.3 Å². The first-order chi connectivity index (χ1) is 16.6. The molecule has 0 radical (unpaired) electrons. The van der Waals surface area contributed by atoms with E-state index in [1.54, 1.807) is 12.1 Å². The Bertz CT molecular complexity index is 1070. The molecule has 1 fully saturated rings. The van der Waals surface area contributed by atoms with Crippen LogP contribution in [0.2, 0.25) is 0 Å². The quantitative estimate of drug-likeness (QED) is 0.541. The fraction of sp³-hybridized carbons (Fsp3) is 0.259. The van der Waals surface area contributed by atoms with Gasteiger partial charge < -0.3 is 10.6 Å². The Morgan fingerprint density at radius 3 is 2.09 bits per heavy atom. The molecule has 1 atom stereocenters. The number of piperazine rings is 1. The molecule has 1 unspecified atom stereocenters. The number of hydrogen-bond donors (Lipinski definition) is 2. The maximum absolute atomic E-state index is 13.3. The highest BCUT2D eigenvalue weighted by atomic mass is 19.1. The van der Waals surface area contributed by atoms with Crippen LogP contribution in [0.4, 0.5) is 10.1 Å². The van der Waals surface area contributed by atoms with Gasteiger partial charge in [0.15, 0.2) is 0 Å². The Morgan fingerprint density at radius 2 is 1.44 bits per heavy atom. The number of carbonyl (C=O) groups excluding carboxylic acids is 2. The molecule has 3 aromatic rings. The van der Waals surface area contributed by atoms with E-state index in [4.69, 9.17) is 0 Å². The molecule has 0 spiro atoms. The molecule has 1 aliphatic rings. The number of anilines is 1. The van der Waals surface area contributed by atoms with Crippen LogP contribution in [0.25, 0.3) is 0 Å². The minimum atomic E-state index is -0.472. The van der Waals surface area contributed by atoms with Crippen LogP contribution in [0.1, 0.15) is 17.2 Å². The number of nitrogens with one attached hydrogen (secondary N) is 2. The van der Waals surface area contributed by atoms with Gasteiger partial charge in [-0.15, -0.1) is 0 Å². The topological polar surface area (TPSA) is 64.7 Å². The Kier molecular flexibility index (Phi) is 8.01. The third kappa shape index (κ3) is 6.50. The molecule has 1 saturated heterocycles. The normalized spacial score (nSPS) is 15.4. The first kappa shape index (κ1) is 23.6. The van der Waals surface area contributed by atoms with Crippen LogP contribution < -0.4 is 10.6 Å². The first-order valence-corrected chi connectivity index (χ1v) is 11.5. The van der Waals surface area contributed by atoms with Crippen LogP contribution in [-0.2, 0) is 16.1 Å². The molecule has 3 aromatic carbocycles. The first-order valence-electron chi connectivity index (χ1n) is 11.5. The number of benzene rings is 3. The zero-order valence-corrected chi connectivity index (χ0v) is 19.0. The minimum absolute atomic E-state index is 0.00837. The fourth-order valence-corrected chi connectivity index (χ4v) is 4.14. The average Bonchev–Trinajstić information content (AvgIpc) is 2.87. The highest BCUT2D eigenvalue weighted by molar-refractivity contribution is 5.95. The van der Waals surface area contributed by atoms with Crippen molar-refractivity contribution in [2.24, 2.45) is 0 Å². The van der Waals surface area contributed by atoms with Gasteiger partial charge in [0.05, 0.1) is 6.54 Å². The summed E-state index contributed by atoms with van der Waals surface area (Å²) in [6.45, 7) is 3.53. The maximum atomic E-state index is 13.3.